The summed E-state index contributed by atoms with van der Waals surface area (Å²) in [4.78, 5) is 13.0. The van der Waals surface area contributed by atoms with Gasteiger partial charge < -0.3 is 9.80 Å². The molecule has 2 aromatic heterocycles. The minimum absolute atomic E-state index is 0.962. The van der Waals surface area contributed by atoms with Crippen LogP contribution >= 0.6 is 11.5 Å². The number of hydrogen-bond acceptors (Lipinski definition) is 5. The number of hydrogen-bond donors (Lipinski definition) is 1. The molecule has 6 heteroatoms. The van der Waals surface area contributed by atoms with Crippen LogP contribution in [0.15, 0.2) is 36.7 Å². The van der Waals surface area contributed by atoms with Crippen molar-refractivity contribution >= 4 is 27.6 Å². The van der Waals surface area contributed by atoms with E-state index in [1.54, 1.807) is 11.2 Å². The van der Waals surface area contributed by atoms with E-state index in [9.17, 15) is 0 Å². The Hall–Kier alpha value is -2.05. The average molecular weight is 312 g/mol. The van der Waals surface area contributed by atoms with Crippen LogP contribution in [0.1, 0.15) is 0 Å². The lowest BCUT2D eigenvalue weighted by molar-refractivity contribution is -0.880. The first-order chi connectivity index (χ1) is 10.8. The van der Waals surface area contributed by atoms with E-state index in [1.807, 2.05) is 18.2 Å². The van der Waals surface area contributed by atoms with E-state index in [0.29, 0.717) is 0 Å². The van der Waals surface area contributed by atoms with E-state index >= 15 is 0 Å². The Morgan fingerprint density at radius 1 is 1.09 bits per heavy atom. The molecule has 1 N–H and O–H groups in total. The number of quaternary nitrogens is 1. The summed E-state index contributed by atoms with van der Waals surface area (Å²) in [7, 11) is 2.24. The van der Waals surface area contributed by atoms with Gasteiger partial charge in [-0.15, -0.1) is 0 Å². The van der Waals surface area contributed by atoms with Gasteiger partial charge in [0, 0.05) is 5.56 Å². The normalized spacial score (nSPS) is 16.3. The maximum Gasteiger partial charge on any atom is 0.152 e. The number of nitrogens with one attached hydrogen (secondary N) is 1. The first-order valence-electron chi connectivity index (χ1n) is 7.55. The molecule has 1 saturated heterocycles. The molecule has 0 amide bonds. The predicted molar refractivity (Wildman–Crippen MR) is 89.5 cm³/mol. The summed E-state index contributed by atoms with van der Waals surface area (Å²) in [6.07, 6.45) is 1.67. The lowest BCUT2D eigenvalue weighted by atomic mass is 10.1. The molecule has 4 rings (SSSR count). The molecule has 3 heterocycles. The Kier molecular flexibility index (Phi) is 3.48. The summed E-state index contributed by atoms with van der Waals surface area (Å²) in [5, 5.41) is 0. The molecule has 112 valence electrons. The van der Waals surface area contributed by atoms with Gasteiger partial charge in [-0.2, -0.15) is 4.37 Å². The van der Waals surface area contributed by atoms with Crippen LogP contribution in [0.25, 0.3) is 21.5 Å². The van der Waals surface area contributed by atoms with Crippen LogP contribution in [0.2, 0.25) is 0 Å². The molecule has 0 saturated carbocycles. The van der Waals surface area contributed by atoms with Gasteiger partial charge in [-0.3, -0.25) is 0 Å². The minimum Gasteiger partial charge on any atom is -0.344 e. The van der Waals surface area contributed by atoms with Crippen LogP contribution in [-0.2, 0) is 0 Å². The Bertz CT molecular complexity index is 778. The van der Waals surface area contributed by atoms with Crippen LogP contribution in [0.4, 0.5) is 5.82 Å². The van der Waals surface area contributed by atoms with Crippen molar-refractivity contribution in [3.8, 4) is 11.3 Å². The number of fused-ring (bicyclic) bond motifs is 1. The average Bonchev–Trinajstić information content (AvgIpc) is 3.00. The Morgan fingerprint density at radius 2 is 1.86 bits per heavy atom. The summed E-state index contributed by atoms with van der Waals surface area (Å²) in [6.45, 7) is 4.37. The highest BCUT2D eigenvalue weighted by Gasteiger charge is 2.22. The molecule has 1 aliphatic heterocycles. The molecule has 0 unspecified atom stereocenters. The van der Waals surface area contributed by atoms with Crippen LogP contribution < -0.4 is 9.80 Å². The van der Waals surface area contributed by atoms with E-state index in [4.69, 9.17) is 0 Å². The fourth-order valence-corrected chi connectivity index (χ4v) is 3.74. The van der Waals surface area contributed by atoms with Crippen molar-refractivity contribution in [3.63, 3.8) is 0 Å². The van der Waals surface area contributed by atoms with Crippen LogP contribution in [-0.4, -0.2) is 47.6 Å². The highest BCUT2D eigenvalue weighted by Crippen LogP contribution is 2.33. The van der Waals surface area contributed by atoms with Crippen molar-refractivity contribution in [2.45, 2.75) is 0 Å². The Balaban J connectivity index is 1.77. The van der Waals surface area contributed by atoms with Crippen molar-refractivity contribution in [1.29, 1.82) is 0 Å². The summed E-state index contributed by atoms with van der Waals surface area (Å²) in [5.74, 6) is 1.04. The molecule has 0 aliphatic carbocycles. The first-order valence-corrected chi connectivity index (χ1v) is 8.32. The monoisotopic (exact) mass is 312 g/mol. The number of anilines is 1. The molecule has 0 bridgehead atoms. The van der Waals surface area contributed by atoms with Crippen molar-refractivity contribution in [2.75, 3.05) is 38.1 Å². The Labute approximate surface area is 133 Å². The zero-order valence-corrected chi connectivity index (χ0v) is 13.3. The van der Waals surface area contributed by atoms with Gasteiger partial charge in [-0.05, 0) is 11.5 Å². The molecule has 22 heavy (non-hydrogen) atoms. The number of benzene rings is 1. The highest BCUT2D eigenvalue weighted by atomic mass is 32.1. The lowest BCUT2D eigenvalue weighted by Gasteiger charge is -2.30. The summed E-state index contributed by atoms with van der Waals surface area (Å²) < 4.78 is 5.74. The third-order valence-corrected chi connectivity index (χ3v) is 5.03. The predicted octanol–water partition coefficient (Wildman–Crippen LogP) is 1.09. The van der Waals surface area contributed by atoms with Gasteiger partial charge in [0.2, 0.25) is 0 Å². The second-order valence-corrected chi connectivity index (χ2v) is 6.49. The van der Waals surface area contributed by atoms with Gasteiger partial charge in [0.25, 0.3) is 0 Å². The van der Waals surface area contributed by atoms with Crippen molar-refractivity contribution in [1.82, 2.24) is 14.3 Å². The number of rotatable bonds is 2. The first kappa shape index (κ1) is 13.6. The molecule has 0 atom stereocenters. The van der Waals surface area contributed by atoms with Gasteiger partial charge in [-0.1, -0.05) is 30.3 Å². The van der Waals surface area contributed by atoms with E-state index in [2.05, 4.69) is 38.4 Å². The molecule has 1 aliphatic rings. The summed E-state index contributed by atoms with van der Waals surface area (Å²) in [5.41, 5.74) is 3.04. The second-order valence-electron chi connectivity index (χ2n) is 5.72. The third-order valence-electron chi connectivity index (χ3n) is 4.20. The molecule has 3 aromatic rings. The molecule has 0 spiro atoms. The molecule has 1 fully saturated rings. The SMILES string of the molecule is C[NH+]1CCN(c2ncnc3c(-c4ccccc4)nsc23)CC1. The molecule has 0 radical (unpaired) electrons. The van der Waals surface area contributed by atoms with Crippen molar-refractivity contribution in [3.05, 3.63) is 36.7 Å². The lowest BCUT2D eigenvalue weighted by Crippen LogP contribution is -3.12. The molecule has 1 aromatic carbocycles. The third kappa shape index (κ3) is 2.34. The van der Waals surface area contributed by atoms with Crippen molar-refractivity contribution in [2.24, 2.45) is 0 Å². The number of aromatic nitrogens is 3. The summed E-state index contributed by atoms with van der Waals surface area (Å²) >= 11 is 1.51. The Morgan fingerprint density at radius 3 is 2.64 bits per heavy atom. The second kappa shape index (κ2) is 5.62. The number of nitrogens with zero attached hydrogens (tertiary/aromatic N) is 4. The van der Waals surface area contributed by atoms with Crippen LogP contribution in [0, 0.1) is 0 Å². The fraction of sp³-hybridized carbons (Fsp3) is 0.312. The van der Waals surface area contributed by atoms with E-state index in [1.165, 1.54) is 11.5 Å². The summed E-state index contributed by atoms with van der Waals surface area (Å²) in [6, 6.07) is 10.2. The van der Waals surface area contributed by atoms with E-state index in [0.717, 1.165) is 53.5 Å². The standard InChI is InChI=1S/C16H17N5S/c1-20-7-9-21(10-8-20)16-15-14(17-11-18-16)13(19-22-15)12-5-3-2-4-6-12/h2-6,11H,7-10H2,1H3/p+1. The zero-order valence-electron chi connectivity index (χ0n) is 12.5. The van der Waals surface area contributed by atoms with E-state index in [-0.39, 0.29) is 0 Å². The molecule has 5 nitrogen and oxygen atoms in total. The topological polar surface area (TPSA) is 46.4 Å². The van der Waals surface area contributed by atoms with Gasteiger partial charge >= 0.3 is 0 Å². The minimum atomic E-state index is 0.962. The molecular weight excluding hydrogens is 294 g/mol. The van der Waals surface area contributed by atoms with Crippen molar-refractivity contribution < 1.29 is 4.90 Å². The van der Waals surface area contributed by atoms with Crippen LogP contribution in [0.3, 0.4) is 0 Å². The van der Waals surface area contributed by atoms with Gasteiger partial charge in [-0.25, -0.2) is 9.97 Å². The van der Waals surface area contributed by atoms with Gasteiger partial charge in [0.15, 0.2) is 5.82 Å². The fourth-order valence-electron chi connectivity index (χ4n) is 2.86. The smallest absolute Gasteiger partial charge is 0.152 e. The highest BCUT2D eigenvalue weighted by molar-refractivity contribution is 7.14. The van der Waals surface area contributed by atoms with Gasteiger partial charge in [0.1, 0.15) is 22.2 Å². The van der Waals surface area contributed by atoms with Gasteiger partial charge in [0.05, 0.1) is 33.2 Å². The van der Waals surface area contributed by atoms with E-state index < -0.39 is 0 Å². The number of piperazine rings is 1. The maximum absolute atomic E-state index is 4.64. The quantitative estimate of drug-likeness (QED) is 0.769. The largest absolute Gasteiger partial charge is 0.344 e. The van der Waals surface area contributed by atoms with Crippen LogP contribution in [0.5, 0.6) is 0 Å². The zero-order chi connectivity index (χ0) is 14.9. The number of likely N-dealkylation sites (N-methyl/N-ethyl adjacent to an activating group) is 1. The molecular formula is C16H18N5S+. The maximum atomic E-state index is 4.64.